The molecule has 1 saturated heterocycles. The normalized spacial score (nSPS) is 20.4. The van der Waals surface area contributed by atoms with E-state index in [4.69, 9.17) is 0 Å². The fourth-order valence-electron chi connectivity index (χ4n) is 5.29. The third-order valence-corrected chi connectivity index (χ3v) is 6.86. The molecule has 2 aromatic rings. The van der Waals surface area contributed by atoms with E-state index < -0.39 is 0 Å². The molecule has 5 heteroatoms. The van der Waals surface area contributed by atoms with Crippen molar-refractivity contribution in [2.75, 3.05) is 40.3 Å². The maximum Gasteiger partial charge on any atom is 0.220 e. The van der Waals surface area contributed by atoms with Crippen molar-refractivity contribution in [3.8, 4) is 0 Å². The van der Waals surface area contributed by atoms with Crippen molar-refractivity contribution in [1.29, 1.82) is 0 Å². The van der Waals surface area contributed by atoms with Gasteiger partial charge in [-0.15, -0.1) is 0 Å². The minimum atomic E-state index is 0.183. The number of likely N-dealkylation sites (N-methyl/N-ethyl adjacent to an activating group) is 1. The Hall–Kier alpha value is -2.24. The summed E-state index contributed by atoms with van der Waals surface area (Å²) in [5.74, 6) is 0.521. The summed E-state index contributed by atoms with van der Waals surface area (Å²) < 4.78 is 0. The zero-order valence-corrected chi connectivity index (χ0v) is 18.3. The Bertz CT molecular complexity index is 843. The number of hydrogen-bond donors (Lipinski definition) is 1. The SMILES string of the molecule is CN(C)CCNC(=O)C[C@H]1CC2(CCN(Cc3cccnc3)CC2)c2ccccc21. The fourth-order valence-corrected chi connectivity index (χ4v) is 5.29. The molecule has 1 fully saturated rings. The lowest BCUT2D eigenvalue weighted by Crippen LogP contribution is -2.41. The molecule has 1 spiro atoms. The van der Waals surface area contributed by atoms with Gasteiger partial charge in [-0.25, -0.2) is 0 Å². The number of amides is 1. The van der Waals surface area contributed by atoms with Crippen molar-refractivity contribution in [3.05, 3.63) is 65.5 Å². The number of benzene rings is 1. The summed E-state index contributed by atoms with van der Waals surface area (Å²) in [5.41, 5.74) is 4.42. The zero-order valence-electron chi connectivity index (χ0n) is 18.3. The van der Waals surface area contributed by atoms with Gasteiger partial charge in [0.1, 0.15) is 0 Å². The minimum absolute atomic E-state index is 0.183. The molecule has 4 rings (SSSR count). The number of carbonyl (C=O) groups excluding carboxylic acids is 1. The first-order valence-electron chi connectivity index (χ1n) is 11.2. The lowest BCUT2D eigenvalue weighted by molar-refractivity contribution is -0.121. The van der Waals surface area contributed by atoms with E-state index in [-0.39, 0.29) is 11.3 Å². The number of nitrogens with zero attached hydrogens (tertiary/aromatic N) is 3. The van der Waals surface area contributed by atoms with Crippen LogP contribution in [0.15, 0.2) is 48.8 Å². The Labute approximate surface area is 180 Å². The summed E-state index contributed by atoms with van der Waals surface area (Å²) in [6, 6.07) is 13.0. The monoisotopic (exact) mass is 406 g/mol. The van der Waals surface area contributed by atoms with Crippen molar-refractivity contribution in [2.24, 2.45) is 0 Å². The molecule has 5 nitrogen and oxygen atoms in total. The van der Waals surface area contributed by atoms with Crippen LogP contribution < -0.4 is 5.32 Å². The summed E-state index contributed by atoms with van der Waals surface area (Å²) in [6.45, 7) is 4.78. The molecule has 160 valence electrons. The van der Waals surface area contributed by atoms with E-state index in [1.165, 1.54) is 29.5 Å². The van der Waals surface area contributed by atoms with Crippen LogP contribution in [0.25, 0.3) is 0 Å². The molecular weight excluding hydrogens is 372 g/mol. The quantitative estimate of drug-likeness (QED) is 0.767. The van der Waals surface area contributed by atoms with E-state index in [9.17, 15) is 4.79 Å². The van der Waals surface area contributed by atoms with Crippen LogP contribution in [0.5, 0.6) is 0 Å². The summed E-state index contributed by atoms with van der Waals surface area (Å²) in [4.78, 5) is 21.5. The zero-order chi connectivity index (χ0) is 21.0. The van der Waals surface area contributed by atoms with Gasteiger partial charge in [-0.2, -0.15) is 0 Å². The number of rotatable bonds is 7. The van der Waals surface area contributed by atoms with Gasteiger partial charge < -0.3 is 10.2 Å². The largest absolute Gasteiger partial charge is 0.355 e. The standard InChI is InChI=1S/C25H34N4O/c1-28(2)15-12-27-24(30)16-21-17-25(23-8-4-3-7-22(21)23)9-13-29(14-10-25)19-20-6-5-11-26-18-20/h3-8,11,18,21H,9-10,12-17,19H2,1-2H3,(H,27,30)/t21-/m0/s1. The highest BCUT2D eigenvalue weighted by atomic mass is 16.1. The number of piperidine rings is 1. The number of nitrogens with one attached hydrogen (secondary N) is 1. The van der Waals surface area contributed by atoms with Gasteiger partial charge in [0.05, 0.1) is 0 Å². The van der Waals surface area contributed by atoms with Gasteiger partial charge >= 0.3 is 0 Å². The van der Waals surface area contributed by atoms with E-state index >= 15 is 0 Å². The molecule has 1 N–H and O–H groups in total. The van der Waals surface area contributed by atoms with Gasteiger partial charge in [0.2, 0.25) is 5.91 Å². The maximum absolute atomic E-state index is 12.6. The van der Waals surface area contributed by atoms with Gasteiger partial charge in [0.15, 0.2) is 0 Å². The fraction of sp³-hybridized carbons (Fsp3) is 0.520. The average Bonchev–Trinajstić information content (AvgIpc) is 3.04. The second-order valence-corrected chi connectivity index (χ2v) is 9.26. The molecule has 1 amide bonds. The molecule has 2 aliphatic rings. The Morgan fingerprint density at radius 3 is 2.73 bits per heavy atom. The molecule has 30 heavy (non-hydrogen) atoms. The van der Waals surface area contributed by atoms with Crippen LogP contribution in [0.2, 0.25) is 0 Å². The van der Waals surface area contributed by atoms with Crippen molar-refractivity contribution in [2.45, 2.75) is 43.6 Å². The topological polar surface area (TPSA) is 48.5 Å². The molecular formula is C25H34N4O. The Kier molecular flexibility index (Phi) is 6.49. The lowest BCUT2D eigenvalue weighted by atomic mass is 9.73. The van der Waals surface area contributed by atoms with Gasteiger partial charge in [-0.1, -0.05) is 30.3 Å². The van der Waals surface area contributed by atoms with Crippen LogP contribution in [0.3, 0.4) is 0 Å². The first kappa shape index (κ1) is 21.0. The lowest BCUT2D eigenvalue weighted by Gasteiger charge is -2.40. The van der Waals surface area contributed by atoms with Crippen LogP contribution in [-0.2, 0) is 16.8 Å². The highest BCUT2D eigenvalue weighted by Crippen LogP contribution is 2.52. The molecule has 0 radical (unpaired) electrons. The highest BCUT2D eigenvalue weighted by molar-refractivity contribution is 5.77. The third-order valence-electron chi connectivity index (χ3n) is 6.86. The van der Waals surface area contributed by atoms with Crippen molar-refractivity contribution >= 4 is 5.91 Å². The number of carbonyl (C=O) groups is 1. The van der Waals surface area contributed by atoms with Gasteiger partial charge in [-0.05, 0) is 80.5 Å². The molecule has 1 aromatic carbocycles. The first-order valence-corrected chi connectivity index (χ1v) is 11.2. The number of pyridine rings is 1. The predicted octanol–water partition coefficient (Wildman–Crippen LogP) is 3.17. The average molecular weight is 407 g/mol. The second kappa shape index (κ2) is 9.27. The van der Waals surface area contributed by atoms with Crippen LogP contribution >= 0.6 is 0 Å². The third kappa shape index (κ3) is 4.73. The molecule has 0 saturated carbocycles. The van der Waals surface area contributed by atoms with Crippen LogP contribution in [-0.4, -0.2) is 61.0 Å². The number of likely N-dealkylation sites (tertiary alicyclic amines) is 1. The smallest absolute Gasteiger partial charge is 0.220 e. The summed E-state index contributed by atoms with van der Waals surface area (Å²) in [6.07, 6.45) is 7.85. The molecule has 1 aromatic heterocycles. The summed E-state index contributed by atoms with van der Waals surface area (Å²) in [7, 11) is 4.06. The van der Waals surface area contributed by atoms with E-state index in [0.717, 1.165) is 32.6 Å². The van der Waals surface area contributed by atoms with Gasteiger partial charge in [-0.3, -0.25) is 14.7 Å². The second-order valence-electron chi connectivity index (χ2n) is 9.26. The van der Waals surface area contributed by atoms with Crippen molar-refractivity contribution in [3.63, 3.8) is 0 Å². The van der Waals surface area contributed by atoms with Gasteiger partial charge in [0.25, 0.3) is 0 Å². The van der Waals surface area contributed by atoms with Crippen molar-refractivity contribution < 1.29 is 4.79 Å². The minimum Gasteiger partial charge on any atom is -0.355 e. The van der Waals surface area contributed by atoms with E-state index in [2.05, 4.69) is 50.4 Å². The highest BCUT2D eigenvalue weighted by Gasteiger charge is 2.45. The molecule has 0 bridgehead atoms. The molecule has 2 heterocycles. The predicted molar refractivity (Wildman–Crippen MR) is 120 cm³/mol. The van der Waals surface area contributed by atoms with Crippen LogP contribution in [0, 0.1) is 0 Å². The Balaban J connectivity index is 1.39. The van der Waals surface area contributed by atoms with Crippen molar-refractivity contribution in [1.82, 2.24) is 20.1 Å². The Morgan fingerprint density at radius 1 is 1.20 bits per heavy atom. The molecule has 1 atom stereocenters. The summed E-state index contributed by atoms with van der Waals surface area (Å²) >= 11 is 0. The van der Waals surface area contributed by atoms with E-state index in [1.54, 1.807) is 0 Å². The van der Waals surface area contributed by atoms with Crippen LogP contribution in [0.4, 0.5) is 0 Å². The first-order chi connectivity index (χ1) is 14.6. The van der Waals surface area contributed by atoms with E-state index in [1.807, 2.05) is 32.6 Å². The number of hydrogen-bond acceptors (Lipinski definition) is 4. The molecule has 1 aliphatic carbocycles. The van der Waals surface area contributed by atoms with E-state index in [0.29, 0.717) is 18.9 Å². The molecule has 0 unspecified atom stereocenters. The summed E-state index contributed by atoms with van der Waals surface area (Å²) in [5, 5.41) is 3.10. The number of aromatic nitrogens is 1. The maximum atomic E-state index is 12.6. The van der Waals surface area contributed by atoms with Gasteiger partial charge in [0, 0.05) is 38.4 Å². The molecule has 1 aliphatic heterocycles. The van der Waals surface area contributed by atoms with Crippen LogP contribution in [0.1, 0.15) is 48.3 Å². The Morgan fingerprint density at radius 2 is 2.00 bits per heavy atom. The number of fused-ring (bicyclic) bond motifs is 2.